The molecule has 0 amide bonds. The van der Waals surface area contributed by atoms with Crippen molar-refractivity contribution in [1.82, 2.24) is 4.57 Å². The summed E-state index contributed by atoms with van der Waals surface area (Å²) in [7, 11) is 0. The lowest BCUT2D eigenvalue weighted by atomic mass is 9.82. The molecule has 9 aromatic rings. The van der Waals surface area contributed by atoms with Gasteiger partial charge in [0.05, 0.1) is 21.8 Å². The largest absolute Gasteiger partial charge is 0.456 e. The molecule has 0 fully saturated rings. The van der Waals surface area contributed by atoms with Gasteiger partial charge in [0, 0.05) is 50.3 Å². The molecule has 44 heavy (non-hydrogen) atoms. The zero-order chi connectivity index (χ0) is 29.3. The minimum Gasteiger partial charge on any atom is -0.456 e. The van der Waals surface area contributed by atoms with E-state index in [4.69, 9.17) is 8.83 Å². The molecule has 0 aliphatic heterocycles. The fourth-order valence-electron chi connectivity index (χ4n) is 7.71. The molecular formula is C40H25NO3. The standard InChI is InChI=1S/C40H25NO3/c1-40(2)30-12-6-3-10-26(30)37-31(40)18-17-25-23-9-4-7-13-32(23)41(38(25)37)22-15-16-24-28-20-29-36(21-35(28)44-34(24)19-22)43-33-14-8-5-11-27(33)39(29)42/h3-21H,1-2H3. The number of para-hydroxylation sites is 2. The summed E-state index contributed by atoms with van der Waals surface area (Å²) in [6.45, 7) is 4.65. The lowest BCUT2D eigenvalue weighted by Gasteiger charge is -2.21. The van der Waals surface area contributed by atoms with Gasteiger partial charge < -0.3 is 13.4 Å². The van der Waals surface area contributed by atoms with Crippen molar-refractivity contribution in [3.05, 3.63) is 137 Å². The van der Waals surface area contributed by atoms with Crippen LogP contribution in [0.4, 0.5) is 0 Å². The van der Waals surface area contributed by atoms with Gasteiger partial charge >= 0.3 is 0 Å². The number of nitrogens with zero attached hydrogens (tertiary/aromatic N) is 1. The first kappa shape index (κ1) is 23.9. The van der Waals surface area contributed by atoms with Gasteiger partial charge in [0.2, 0.25) is 5.43 Å². The Morgan fingerprint density at radius 2 is 1.25 bits per heavy atom. The molecule has 0 spiro atoms. The molecule has 0 saturated heterocycles. The van der Waals surface area contributed by atoms with E-state index in [1.165, 1.54) is 38.5 Å². The van der Waals surface area contributed by atoms with E-state index in [0.29, 0.717) is 27.5 Å². The van der Waals surface area contributed by atoms with E-state index in [1.54, 1.807) is 0 Å². The van der Waals surface area contributed by atoms with E-state index in [1.807, 2.05) is 36.4 Å². The smallest absolute Gasteiger partial charge is 0.200 e. The molecule has 0 saturated carbocycles. The van der Waals surface area contributed by atoms with Crippen LogP contribution in [0.5, 0.6) is 0 Å². The predicted octanol–water partition coefficient (Wildman–Crippen LogP) is 10.2. The third kappa shape index (κ3) is 2.90. The molecule has 1 aliphatic carbocycles. The van der Waals surface area contributed by atoms with Crippen molar-refractivity contribution in [2.75, 3.05) is 0 Å². The quantitative estimate of drug-likeness (QED) is 0.185. The third-order valence-electron chi connectivity index (χ3n) is 9.79. The summed E-state index contributed by atoms with van der Waals surface area (Å²) in [6.07, 6.45) is 0. The van der Waals surface area contributed by atoms with Crippen LogP contribution in [-0.2, 0) is 5.41 Å². The Labute approximate surface area is 251 Å². The number of hydrogen-bond donors (Lipinski definition) is 0. The van der Waals surface area contributed by atoms with Crippen LogP contribution in [0, 0.1) is 0 Å². The van der Waals surface area contributed by atoms with Crippen molar-refractivity contribution in [2.24, 2.45) is 0 Å². The number of hydrogen-bond acceptors (Lipinski definition) is 3. The second kappa shape index (κ2) is 8.06. The summed E-state index contributed by atoms with van der Waals surface area (Å²) in [5.74, 6) is 0. The van der Waals surface area contributed by atoms with Crippen molar-refractivity contribution in [1.29, 1.82) is 0 Å². The first-order valence-corrected chi connectivity index (χ1v) is 15.0. The molecule has 6 aromatic carbocycles. The second-order valence-electron chi connectivity index (χ2n) is 12.5. The third-order valence-corrected chi connectivity index (χ3v) is 9.79. The van der Waals surface area contributed by atoms with Crippen LogP contribution >= 0.6 is 0 Å². The Kier molecular flexibility index (Phi) is 4.38. The molecule has 0 unspecified atom stereocenters. The highest BCUT2D eigenvalue weighted by atomic mass is 16.3. The maximum atomic E-state index is 13.4. The maximum absolute atomic E-state index is 13.4. The number of furan rings is 1. The summed E-state index contributed by atoms with van der Waals surface area (Å²) < 4.78 is 15.0. The van der Waals surface area contributed by atoms with Gasteiger partial charge in [-0.3, -0.25) is 4.79 Å². The zero-order valence-corrected chi connectivity index (χ0v) is 24.1. The Morgan fingerprint density at radius 1 is 0.545 bits per heavy atom. The van der Waals surface area contributed by atoms with Gasteiger partial charge in [-0.1, -0.05) is 80.6 Å². The molecule has 1 aliphatic rings. The number of aromatic nitrogens is 1. The van der Waals surface area contributed by atoms with Crippen LogP contribution < -0.4 is 5.43 Å². The highest BCUT2D eigenvalue weighted by Gasteiger charge is 2.37. The highest BCUT2D eigenvalue weighted by molar-refractivity contribution is 6.16. The molecule has 0 N–H and O–H groups in total. The minimum atomic E-state index is -0.0949. The number of benzene rings is 6. The van der Waals surface area contributed by atoms with Crippen molar-refractivity contribution < 1.29 is 8.83 Å². The maximum Gasteiger partial charge on any atom is 0.200 e. The Morgan fingerprint density at radius 3 is 2.16 bits per heavy atom. The van der Waals surface area contributed by atoms with Gasteiger partial charge in [0.25, 0.3) is 0 Å². The zero-order valence-electron chi connectivity index (χ0n) is 24.1. The average Bonchev–Trinajstić information content (AvgIpc) is 3.65. The van der Waals surface area contributed by atoms with Gasteiger partial charge in [0.1, 0.15) is 22.3 Å². The van der Waals surface area contributed by atoms with Crippen molar-refractivity contribution >= 4 is 65.7 Å². The highest BCUT2D eigenvalue weighted by Crippen LogP contribution is 2.53. The fraction of sp³-hybridized carbons (Fsp3) is 0.0750. The second-order valence-corrected chi connectivity index (χ2v) is 12.5. The van der Waals surface area contributed by atoms with Crippen LogP contribution in [0.2, 0.25) is 0 Å². The van der Waals surface area contributed by atoms with Gasteiger partial charge in [-0.05, 0) is 53.1 Å². The van der Waals surface area contributed by atoms with Crippen molar-refractivity contribution in [3.63, 3.8) is 0 Å². The lowest BCUT2D eigenvalue weighted by molar-refractivity contribution is 0.650. The minimum absolute atomic E-state index is 0.0305. The summed E-state index contributed by atoms with van der Waals surface area (Å²) in [5.41, 5.74) is 11.1. The summed E-state index contributed by atoms with van der Waals surface area (Å²) in [5, 5.41) is 5.47. The van der Waals surface area contributed by atoms with E-state index < -0.39 is 0 Å². The van der Waals surface area contributed by atoms with Crippen LogP contribution in [-0.4, -0.2) is 4.57 Å². The van der Waals surface area contributed by atoms with E-state index in [0.717, 1.165) is 27.6 Å². The SMILES string of the molecule is CC1(C)c2ccccc2-c2c1ccc1c3ccccc3n(-c3ccc4c(c3)oc3cc5oc6ccccc6c(=O)c5cc34)c21. The Balaban J connectivity index is 1.28. The Bertz CT molecular complexity index is 2770. The topological polar surface area (TPSA) is 48.3 Å². The Hall–Kier alpha value is -5.61. The van der Waals surface area contributed by atoms with Gasteiger partial charge in [-0.2, -0.15) is 0 Å². The van der Waals surface area contributed by atoms with Gasteiger partial charge in [-0.25, -0.2) is 0 Å². The molecule has 0 atom stereocenters. The molecule has 4 heteroatoms. The van der Waals surface area contributed by atoms with Crippen LogP contribution in [0.25, 0.3) is 82.5 Å². The van der Waals surface area contributed by atoms with Crippen LogP contribution in [0.15, 0.2) is 129 Å². The molecular weight excluding hydrogens is 542 g/mol. The van der Waals surface area contributed by atoms with Gasteiger partial charge in [-0.15, -0.1) is 0 Å². The lowest BCUT2D eigenvalue weighted by Crippen LogP contribution is -2.14. The normalized spacial score (nSPS) is 14.0. The monoisotopic (exact) mass is 567 g/mol. The van der Waals surface area contributed by atoms with E-state index >= 15 is 0 Å². The summed E-state index contributed by atoms with van der Waals surface area (Å²) in [6, 6.07) is 39.6. The molecule has 0 radical (unpaired) electrons. The van der Waals surface area contributed by atoms with Gasteiger partial charge in [0.15, 0.2) is 0 Å². The molecule has 3 aromatic heterocycles. The van der Waals surface area contributed by atoms with E-state index in [9.17, 15) is 4.79 Å². The van der Waals surface area contributed by atoms with Crippen molar-refractivity contribution in [3.8, 4) is 16.8 Å². The molecule has 0 bridgehead atoms. The van der Waals surface area contributed by atoms with Crippen LogP contribution in [0.3, 0.4) is 0 Å². The first-order valence-electron chi connectivity index (χ1n) is 15.0. The number of fused-ring (bicyclic) bond motifs is 12. The molecule has 3 heterocycles. The van der Waals surface area contributed by atoms with E-state index in [-0.39, 0.29) is 10.8 Å². The average molecular weight is 568 g/mol. The fourth-order valence-corrected chi connectivity index (χ4v) is 7.71. The predicted molar refractivity (Wildman–Crippen MR) is 179 cm³/mol. The summed E-state index contributed by atoms with van der Waals surface area (Å²) >= 11 is 0. The number of rotatable bonds is 1. The molecule has 208 valence electrons. The summed E-state index contributed by atoms with van der Waals surface area (Å²) in [4.78, 5) is 13.4. The molecule has 4 nitrogen and oxygen atoms in total. The molecule has 10 rings (SSSR count). The van der Waals surface area contributed by atoms with E-state index in [2.05, 4.69) is 97.3 Å². The van der Waals surface area contributed by atoms with Crippen LogP contribution in [0.1, 0.15) is 25.0 Å². The van der Waals surface area contributed by atoms with Crippen molar-refractivity contribution in [2.45, 2.75) is 19.3 Å². The first-order chi connectivity index (χ1) is 21.5.